The van der Waals surface area contributed by atoms with E-state index in [-0.39, 0.29) is 0 Å². The van der Waals surface area contributed by atoms with E-state index in [9.17, 15) is 0 Å². The number of morpholine rings is 1. The summed E-state index contributed by atoms with van der Waals surface area (Å²) in [5.41, 5.74) is 8.88. The van der Waals surface area contributed by atoms with E-state index in [1.54, 1.807) is 0 Å². The van der Waals surface area contributed by atoms with Gasteiger partial charge < -0.3 is 10.5 Å². The molecule has 0 bridgehead atoms. The van der Waals surface area contributed by atoms with Gasteiger partial charge in [-0.3, -0.25) is 4.90 Å². The van der Waals surface area contributed by atoms with Crippen molar-refractivity contribution in [3.8, 4) is 0 Å². The zero-order valence-corrected chi connectivity index (χ0v) is 12.4. The summed E-state index contributed by atoms with van der Waals surface area (Å²) in [5.74, 6) is 0. The second-order valence-electron chi connectivity index (χ2n) is 6.11. The molecule has 0 spiro atoms. The fourth-order valence-corrected chi connectivity index (χ4v) is 3.92. The van der Waals surface area contributed by atoms with Gasteiger partial charge in [0.05, 0.1) is 12.7 Å². The predicted molar refractivity (Wildman–Crippen MR) is 81.7 cm³/mol. The SMILES string of the molecule is Cc1ccccc1C(CN)N1CCOC2CCCCC21. The zero-order chi connectivity index (χ0) is 13.9. The van der Waals surface area contributed by atoms with Crippen LogP contribution in [-0.4, -0.2) is 36.7 Å². The third kappa shape index (κ3) is 2.62. The smallest absolute Gasteiger partial charge is 0.0731 e. The molecule has 1 saturated heterocycles. The Morgan fingerprint density at radius 2 is 2.10 bits per heavy atom. The van der Waals surface area contributed by atoms with Crippen LogP contribution < -0.4 is 5.73 Å². The van der Waals surface area contributed by atoms with Crippen molar-refractivity contribution in [2.75, 3.05) is 19.7 Å². The Labute approximate surface area is 122 Å². The number of nitrogens with zero attached hydrogens (tertiary/aromatic N) is 1. The quantitative estimate of drug-likeness (QED) is 0.921. The van der Waals surface area contributed by atoms with Crippen LogP contribution in [0.15, 0.2) is 24.3 Å². The lowest BCUT2D eigenvalue weighted by Crippen LogP contribution is -2.55. The van der Waals surface area contributed by atoms with Crippen LogP contribution in [0.2, 0.25) is 0 Å². The third-order valence-electron chi connectivity index (χ3n) is 4.95. The van der Waals surface area contributed by atoms with Crippen molar-refractivity contribution in [3.63, 3.8) is 0 Å². The molecule has 2 N–H and O–H groups in total. The van der Waals surface area contributed by atoms with Crippen molar-refractivity contribution >= 4 is 0 Å². The highest BCUT2D eigenvalue weighted by atomic mass is 16.5. The minimum atomic E-state index is 0.339. The first kappa shape index (κ1) is 14.1. The highest BCUT2D eigenvalue weighted by molar-refractivity contribution is 5.29. The number of rotatable bonds is 3. The summed E-state index contributed by atoms with van der Waals surface area (Å²) in [6, 6.07) is 9.56. The van der Waals surface area contributed by atoms with Crippen LogP contribution >= 0.6 is 0 Å². The Hall–Kier alpha value is -0.900. The molecule has 3 unspecified atom stereocenters. The van der Waals surface area contributed by atoms with E-state index in [2.05, 4.69) is 36.1 Å². The van der Waals surface area contributed by atoms with Crippen molar-refractivity contribution in [1.82, 2.24) is 4.90 Å². The van der Waals surface area contributed by atoms with Gasteiger partial charge in [-0.05, 0) is 30.9 Å². The van der Waals surface area contributed by atoms with E-state index >= 15 is 0 Å². The summed E-state index contributed by atoms with van der Waals surface area (Å²) in [6.07, 6.45) is 5.54. The highest BCUT2D eigenvalue weighted by Crippen LogP contribution is 2.34. The van der Waals surface area contributed by atoms with Crippen molar-refractivity contribution in [1.29, 1.82) is 0 Å². The molecule has 1 aliphatic carbocycles. The molecule has 0 aromatic heterocycles. The molecule has 0 radical (unpaired) electrons. The van der Waals surface area contributed by atoms with Gasteiger partial charge >= 0.3 is 0 Å². The second-order valence-corrected chi connectivity index (χ2v) is 6.11. The molecule has 20 heavy (non-hydrogen) atoms. The van der Waals surface area contributed by atoms with Crippen LogP contribution in [0.25, 0.3) is 0 Å². The first-order chi connectivity index (χ1) is 9.81. The molecule has 110 valence electrons. The molecule has 2 aliphatic rings. The zero-order valence-electron chi connectivity index (χ0n) is 12.4. The van der Waals surface area contributed by atoms with Gasteiger partial charge in [-0.1, -0.05) is 37.1 Å². The summed E-state index contributed by atoms with van der Waals surface area (Å²) in [4.78, 5) is 2.62. The molecule has 1 heterocycles. The van der Waals surface area contributed by atoms with Gasteiger partial charge in [-0.15, -0.1) is 0 Å². The van der Waals surface area contributed by atoms with Crippen LogP contribution in [-0.2, 0) is 4.74 Å². The Balaban J connectivity index is 1.86. The molecular formula is C17H26N2O. The summed E-state index contributed by atoms with van der Waals surface area (Å²) >= 11 is 0. The van der Waals surface area contributed by atoms with Crippen LogP contribution in [0.3, 0.4) is 0 Å². The number of benzene rings is 1. The predicted octanol–water partition coefficient (Wildman–Crippen LogP) is 2.64. The van der Waals surface area contributed by atoms with Gasteiger partial charge in [0, 0.05) is 25.2 Å². The Bertz CT molecular complexity index is 446. The van der Waals surface area contributed by atoms with Gasteiger partial charge in [-0.25, -0.2) is 0 Å². The van der Waals surface area contributed by atoms with Gasteiger partial charge in [0.15, 0.2) is 0 Å². The number of hydrogen-bond acceptors (Lipinski definition) is 3. The molecule has 3 atom stereocenters. The lowest BCUT2D eigenvalue weighted by Gasteiger charge is -2.47. The van der Waals surface area contributed by atoms with E-state index in [1.165, 1.54) is 36.8 Å². The van der Waals surface area contributed by atoms with E-state index in [0.717, 1.165) is 13.2 Å². The highest BCUT2D eigenvalue weighted by Gasteiger charge is 2.37. The fourth-order valence-electron chi connectivity index (χ4n) is 3.92. The first-order valence-corrected chi connectivity index (χ1v) is 7.94. The largest absolute Gasteiger partial charge is 0.375 e. The fraction of sp³-hybridized carbons (Fsp3) is 0.647. The van der Waals surface area contributed by atoms with Crippen molar-refractivity contribution in [2.45, 2.75) is 50.8 Å². The van der Waals surface area contributed by atoms with E-state index in [1.807, 2.05) is 0 Å². The lowest BCUT2D eigenvalue weighted by atomic mass is 9.87. The molecule has 2 fully saturated rings. The van der Waals surface area contributed by atoms with E-state index < -0.39 is 0 Å². The Morgan fingerprint density at radius 1 is 1.30 bits per heavy atom. The maximum Gasteiger partial charge on any atom is 0.0731 e. The van der Waals surface area contributed by atoms with E-state index in [4.69, 9.17) is 10.5 Å². The average Bonchev–Trinajstić information content (AvgIpc) is 2.50. The lowest BCUT2D eigenvalue weighted by molar-refractivity contribution is -0.102. The molecule has 1 saturated carbocycles. The number of aryl methyl sites for hydroxylation is 1. The van der Waals surface area contributed by atoms with Crippen LogP contribution in [0, 0.1) is 6.92 Å². The molecule has 3 nitrogen and oxygen atoms in total. The second kappa shape index (κ2) is 6.25. The normalized spacial score (nSPS) is 28.9. The van der Waals surface area contributed by atoms with Crippen molar-refractivity contribution < 1.29 is 4.74 Å². The maximum atomic E-state index is 6.14. The summed E-state index contributed by atoms with van der Waals surface area (Å²) in [5, 5.41) is 0. The Kier molecular flexibility index (Phi) is 4.39. The number of fused-ring (bicyclic) bond motifs is 1. The maximum absolute atomic E-state index is 6.14. The van der Waals surface area contributed by atoms with Crippen LogP contribution in [0.4, 0.5) is 0 Å². The minimum absolute atomic E-state index is 0.339. The number of nitrogens with two attached hydrogens (primary N) is 1. The molecule has 0 amide bonds. The van der Waals surface area contributed by atoms with Gasteiger partial charge in [0.25, 0.3) is 0 Å². The molecule has 1 aliphatic heterocycles. The number of ether oxygens (including phenoxy) is 1. The summed E-state index contributed by atoms with van der Waals surface area (Å²) < 4.78 is 5.99. The first-order valence-electron chi connectivity index (χ1n) is 7.94. The molecule has 3 rings (SSSR count). The van der Waals surface area contributed by atoms with Gasteiger partial charge in [-0.2, -0.15) is 0 Å². The third-order valence-corrected chi connectivity index (χ3v) is 4.95. The minimum Gasteiger partial charge on any atom is -0.375 e. The number of hydrogen-bond donors (Lipinski definition) is 1. The van der Waals surface area contributed by atoms with Crippen LogP contribution in [0.1, 0.15) is 42.9 Å². The topological polar surface area (TPSA) is 38.5 Å². The summed E-state index contributed by atoms with van der Waals surface area (Å²) in [6.45, 7) is 4.74. The molecule has 3 heteroatoms. The summed E-state index contributed by atoms with van der Waals surface area (Å²) in [7, 11) is 0. The molecule has 1 aromatic rings. The average molecular weight is 274 g/mol. The van der Waals surface area contributed by atoms with Crippen LogP contribution in [0.5, 0.6) is 0 Å². The molecule has 1 aromatic carbocycles. The monoisotopic (exact) mass is 274 g/mol. The van der Waals surface area contributed by atoms with Gasteiger partial charge in [0.2, 0.25) is 0 Å². The van der Waals surface area contributed by atoms with Crippen molar-refractivity contribution in [2.24, 2.45) is 5.73 Å². The molecular weight excluding hydrogens is 248 g/mol. The van der Waals surface area contributed by atoms with Crippen molar-refractivity contribution in [3.05, 3.63) is 35.4 Å². The standard InChI is InChI=1S/C17H26N2O/c1-13-6-2-3-7-14(13)16(12-18)19-10-11-20-17-9-5-4-8-15(17)19/h2-3,6-7,15-17H,4-5,8-12,18H2,1H3. The van der Waals surface area contributed by atoms with Gasteiger partial charge in [0.1, 0.15) is 0 Å². The van der Waals surface area contributed by atoms with E-state index in [0.29, 0.717) is 24.7 Å². The Morgan fingerprint density at radius 3 is 2.90 bits per heavy atom.